The molecular weight excluding hydrogens is 432 g/mol. The smallest absolute Gasteiger partial charge is 0.266 e. The minimum Gasteiger partial charge on any atom is -0.545 e. The summed E-state index contributed by atoms with van der Waals surface area (Å²) in [7, 11) is 0. The van der Waals surface area contributed by atoms with E-state index in [9.17, 15) is 19.5 Å². The molecule has 1 fully saturated rings. The maximum absolute atomic E-state index is 12.6. The molecule has 1 aliphatic rings. The summed E-state index contributed by atoms with van der Waals surface area (Å²) in [4.78, 5) is 37.4. The zero-order valence-electron chi connectivity index (χ0n) is 14.9. The predicted octanol–water partition coefficient (Wildman–Crippen LogP) is 2.93. The number of anilines is 1. The number of carboxylic acids is 1. The molecule has 0 aromatic heterocycles. The number of nitrogens with zero attached hydrogens (tertiary/aromatic N) is 1. The molecule has 0 bridgehead atoms. The first-order valence-electron chi connectivity index (χ1n) is 8.45. The molecule has 0 radical (unpaired) electrons. The van der Waals surface area contributed by atoms with Crippen LogP contribution in [0.5, 0.6) is 0 Å². The Labute approximate surface area is 181 Å². The Balaban J connectivity index is 1.57. The molecule has 0 aliphatic carbocycles. The van der Waals surface area contributed by atoms with Crippen LogP contribution in [0, 0.1) is 0 Å². The van der Waals surface area contributed by atoms with Gasteiger partial charge in [-0.15, -0.1) is 0 Å². The zero-order chi connectivity index (χ0) is 21.0. The highest BCUT2D eigenvalue weighted by Gasteiger charge is 2.32. The van der Waals surface area contributed by atoms with Crippen molar-refractivity contribution >= 4 is 69.4 Å². The summed E-state index contributed by atoms with van der Waals surface area (Å²) >= 11 is 12.3. The maximum Gasteiger partial charge on any atom is 0.266 e. The lowest BCUT2D eigenvalue weighted by Crippen LogP contribution is -2.31. The second-order valence-corrected chi connectivity index (χ2v) is 8.16. The summed E-state index contributed by atoms with van der Waals surface area (Å²) in [5.41, 5.74) is 1.30. The molecule has 148 valence electrons. The van der Waals surface area contributed by atoms with Crippen molar-refractivity contribution < 1.29 is 19.5 Å². The van der Waals surface area contributed by atoms with Gasteiger partial charge < -0.3 is 15.2 Å². The highest BCUT2D eigenvalue weighted by atomic mass is 35.5. The molecule has 1 aliphatic heterocycles. The third-order valence-electron chi connectivity index (χ3n) is 4.01. The summed E-state index contributed by atoms with van der Waals surface area (Å²) in [5, 5.41) is 14.0. The van der Waals surface area contributed by atoms with E-state index in [-0.39, 0.29) is 30.3 Å². The molecule has 0 atom stereocenters. The van der Waals surface area contributed by atoms with Gasteiger partial charge in [-0.3, -0.25) is 14.5 Å². The molecule has 6 nitrogen and oxygen atoms in total. The van der Waals surface area contributed by atoms with E-state index < -0.39 is 5.97 Å². The van der Waals surface area contributed by atoms with E-state index in [1.54, 1.807) is 30.3 Å². The van der Waals surface area contributed by atoms with Crippen LogP contribution in [0.4, 0.5) is 5.69 Å². The number of amides is 2. The van der Waals surface area contributed by atoms with Gasteiger partial charge in [0.05, 0.1) is 10.9 Å². The Morgan fingerprint density at radius 3 is 2.41 bits per heavy atom. The van der Waals surface area contributed by atoms with Gasteiger partial charge in [-0.1, -0.05) is 59.8 Å². The first kappa shape index (κ1) is 21.0. The maximum atomic E-state index is 12.6. The average Bonchev–Trinajstić information content (AvgIpc) is 2.95. The van der Waals surface area contributed by atoms with Crippen LogP contribution in [0.15, 0.2) is 53.4 Å². The third-order valence-corrected chi connectivity index (χ3v) is 5.64. The standard InChI is InChI=1S/C20H15ClN2O4S2/c21-14-5-1-12(2-6-14)11-16-18(25)23(20(28)29-16)10-9-17(24)22-15-7-3-13(4-8-15)19(26)27/h1-8,11H,9-10H2,(H,22,24)(H,26,27)/p-1/b16-11+. The van der Waals surface area contributed by atoms with E-state index >= 15 is 0 Å². The van der Waals surface area contributed by atoms with Crippen molar-refractivity contribution in [2.75, 3.05) is 11.9 Å². The largest absolute Gasteiger partial charge is 0.545 e. The Bertz CT molecular complexity index is 1000. The molecule has 1 saturated heterocycles. The van der Waals surface area contributed by atoms with Gasteiger partial charge in [0.25, 0.3) is 5.91 Å². The van der Waals surface area contributed by atoms with Crippen molar-refractivity contribution in [2.24, 2.45) is 0 Å². The second kappa shape index (κ2) is 9.21. The summed E-state index contributed by atoms with van der Waals surface area (Å²) in [6.07, 6.45) is 1.78. The quantitative estimate of drug-likeness (QED) is 0.543. The number of nitrogens with one attached hydrogen (secondary N) is 1. The van der Waals surface area contributed by atoms with Crippen molar-refractivity contribution in [1.29, 1.82) is 0 Å². The molecule has 0 unspecified atom stereocenters. The fraction of sp³-hybridized carbons (Fsp3) is 0.100. The number of thioether (sulfide) groups is 1. The normalized spacial score (nSPS) is 15.1. The van der Waals surface area contributed by atoms with Crippen LogP contribution >= 0.6 is 35.6 Å². The van der Waals surface area contributed by atoms with E-state index in [4.69, 9.17) is 23.8 Å². The minimum atomic E-state index is -1.29. The van der Waals surface area contributed by atoms with Crippen LogP contribution in [-0.4, -0.2) is 33.5 Å². The van der Waals surface area contributed by atoms with E-state index in [1.165, 1.54) is 40.9 Å². The number of carbonyl (C=O) groups is 3. The fourth-order valence-corrected chi connectivity index (χ4v) is 3.96. The van der Waals surface area contributed by atoms with Crippen molar-refractivity contribution in [2.45, 2.75) is 6.42 Å². The highest BCUT2D eigenvalue weighted by molar-refractivity contribution is 8.26. The van der Waals surface area contributed by atoms with E-state index in [0.29, 0.717) is 19.9 Å². The van der Waals surface area contributed by atoms with Crippen molar-refractivity contribution in [3.8, 4) is 0 Å². The number of halogens is 1. The van der Waals surface area contributed by atoms with Crippen molar-refractivity contribution in [3.63, 3.8) is 0 Å². The van der Waals surface area contributed by atoms with Crippen molar-refractivity contribution in [1.82, 2.24) is 4.90 Å². The third kappa shape index (κ3) is 5.44. The number of aromatic carboxylic acids is 1. The molecular formula is C20H14ClN2O4S2-. The van der Waals surface area contributed by atoms with Gasteiger partial charge >= 0.3 is 0 Å². The van der Waals surface area contributed by atoms with Crippen LogP contribution in [0.1, 0.15) is 22.3 Å². The van der Waals surface area contributed by atoms with Gasteiger partial charge in [0.2, 0.25) is 5.91 Å². The molecule has 29 heavy (non-hydrogen) atoms. The number of benzene rings is 2. The van der Waals surface area contributed by atoms with E-state index in [0.717, 1.165) is 5.56 Å². The lowest BCUT2D eigenvalue weighted by atomic mass is 10.2. The first-order valence-corrected chi connectivity index (χ1v) is 10.1. The van der Waals surface area contributed by atoms with Gasteiger partial charge in [-0.2, -0.15) is 0 Å². The van der Waals surface area contributed by atoms with Gasteiger partial charge in [0.1, 0.15) is 4.32 Å². The Morgan fingerprint density at radius 1 is 1.14 bits per heavy atom. The van der Waals surface area contributed by atoms with E-state index in [2.05, 4.69) is 5.32 Å². The highest BCUT2D eigenvalue weighted by Crippen LogP contribution is 2.32. The lowest BCUT2D eigenvalue weighted by Gasteiger charge is -2.14. The summed E-state index contributed by atoms with van der Waals surface area (Å²) in [6, 6.07) is 12.7. The molecule has 1 heterocycles. The molecule has 2 amide bonds. The average molecular weight is 446 g/mol. The summed E-state index contributed by atoms with van der Waals surface area (Å²) in [5.74, 6) is -1.85. The van der Waals surface area contributed by atoms with Gasteiger partial charge in [-0.25, -0.2) is 0 Å². The fourth-order valence-electron chi connectivity index (χ4n) is 2.53. The van der Waals surface area contributed by atoms with Gasteiger partial charge in [0, 0.05) is 23.7 Å². The summed E-state index contributed by atoms with van der Waals surface area (Å²) < 4.78 is 0.390. The number of hydrogen-bond acceptors (Lipinski definition) is 6. The number of hydrogen-bond donors (Lipinski definition) is 1. The molecule has 0 saturated carbocycles. The Kier molecular flexibility index (Phi) is 6.68. The van der Waals surface area contributed by atoms with Crippen LogP contribution < -0.4 is 10.4 Å². The van der Waals surface area contributed by atoms with Gasteiger partial charge in [-0.05, 0) is 41.5 Å². The Morgan fingerprint density at radius 2 is 1.79 bits per heavy atom. The number of carbonyl (C=O) groups excluding carboxylic acids is 3. The number of rotatable bonds is 6. The Hall–Kier alpha value is -2.68. The second-order valence-electron chi connectivity index (χ2n) is 6.05. The SMILES string of the molecule is O=C(CCN1C(=O)/C(=C\c2ccc(Cl)cc2)SC1=S)Nc1ccc(C(=O)[O-])cc1. The van der Waals surface area contributed by atoms with Crippen LogP contribution in [0.3, 0.4) is 0 Å². The van der Waals surface area contributed by atoms with Crippen LogP contribution in [0.2, 0.25) is 5.02 Å². The molecule has 3 rings (SSSR count). The molecule has 2 aromatic rings. The van der Waals surface area contributed by atoms with Crippen LogP contribution in [0.25, 0.3) is 6.08 Å². The van der Waals surface area contributed by atoms with Gasteiger partial charge in [0.15, 0.2) is 0 Å². The topological polar surface area (TPSA) is 89.5 Å². The predicted molar refractivity (Wildman–Crippen MR) is 115 cm³/mol. The monoisotopic (exact) mass is 445 g/mol. The molecule has 1 N–H and O–H groups in total. The summed E-state index contributed by atoms with van der Waals surface area (Å²) in [6.45, 7) is 0.144. The zero-order valence-corrected chi connectivity index (χ0v) is 17.3. The number of thiocarbonyl (C=S) groups is 1. The first-order chi connectivity index (χ1) is 13.8. The minimum absolute atomic E-state index is 0.0213. The molecule has 0 spiro atoms. The van der Waals surface area contributed by atoms with E-state index in [1.807, 2.05) is 0 Å². The lowest BCUT2D eigenvalue weighted by molar-refractivity contribution is -0.255. The molecule has 9 heteroatoms. The van der Waals surface area contributed by atoms with Crippen LogP contribution in [-0.2, 0) is 9.59 Å². The number of carboxylic acid groups (broad SMARTS) is 1. The molecule has 2 aromatic carbocycles. The van der Waals surface area contributed by atoms with Crippen molar-refractivity contribution in [3.05, 3.63) is 69.6 Å².